The van der Waals surface area contributed by atoms with E-state index >= 15 is 0 Å². The smallest absolute Gasteiger partial charge is 0.259 e. The van der Waals surface area contributed by atoms with Gasteiger partial charge in [-0.2, -0.15) is 0 Å². The summed E-state index contributed by atoms with van der Waals surface area (Å²) in [6.45, 7) is 1.70. The lowest BCUT2D eigenvalue weighted by atomic mass is 9.84. The van der Waals surface area contributed by atoms with Crippen LogP contribution < -0.4 is 5.32 Å². The van der Waals surface area contributed by atoms with Crippen molar-refractivity contribution < 1.29 is 9.59 Å². The van der Waals surface area contributed by atoms with E-state index in [0.29, 0.717) is 5.57 Å². The highest BCUT2D eigenvalue weighted by Crippen LogP contribution is 2.45. The van der Waals surface area contributed by atoms with Crippen molar-refractivity contribution in [3.8, 4) is 0 Å². The van der Waals surface area contributed by atoms with Gasteiger partial charge in [-0.1, -0.05) is 18.2 Å². The fourth-order valence-corrected chi connectivity index (χ4v) is 4.73. The molecule has 0 saturated carbocycles. The minimum absolute atomic E-state index is 0.233. The van der Waals surface area contributed by atoms with Gasteiger partial charge in [0.2, 0.25) is 5.91 Å². The van der Waals surface area contributed by atoms with Crippen molar-refractivity contribution in [2.75, 3.05) is 11.9 Å². The molecule has 2 aliphatic rings. The van der Waals surface area contributed by atoms with Crippen LogP contribution in [-0.2, 0) is 9.59 Å². The van der Waals surface area contributed by atoms with Gasteiger partial charge < -0.3 is 10.3 Å². The molecule has 1 unspecified atom stereocenters. The maximum atomic E-state index is 13.4. The third-order valence-corrected chi connectivity index (χ3v) is 6.08. The number of H-pyrrole nitrogens is 1. The van der Waals surface area contributed by atoms with E-state index in [0.717, 1.165) is 44.3 Å². The number of carbonyl (C=O) groups excluding carboxylic acids is 2. The van der Waals surface area contributed by atoms with E-state index in [-0.39, 0.29) is 24.3 Å². The Kier molecular flexibility index (Phi) is 3.41. The van der Waals surface area contributed by atoms with Crippen LogP contribution >= 0.6 is 0 Å². The van der Waals surface area contributed by atoms with E-state index in [1.807, 2.05) is 48.7 Å². The second kappa shape index (κ2) is 6.03. The topological polar surface area (TPSA) is 78.1 Å². The highest BCUT2D eigenvalue weighted by atomic mass is 16.2. The molecule has 6 rings (SSSR count). The molecular formula is C24H18N4O2. The Morgan fingerprint density at radius 1 is 1.17 bits per heavy atom. The third-order valence-electron chi connectivity index (χ3n) is 6.08. The number of hydrogen-bond acceptors (Lipinski definition) is 4. The van der Waals surface area contributed by atoms with Gasteiger partial charge in [0.1, 0.15) is 0 Å². The molecule has 2 aliphatic heterocycles. The third kappa shape index (κ3) is 2.27. The van der Waals surface area contributed by atoms with Gasteiger partial charge in [-0.3, -0.25) is 19.5 Å². The Morgan fingerprint density at radius 3 is 2.93 bits per heavy atom. The first kappa shape index (κ1) is 17.0. The molecule has 2 aromatic heterocycles. The number of anilines is 1. The van der Waals surface area contributed by atoms with Crippen LogP contribution in [0, 0.1) is 0 Å². The number of amides is 2. The molecule has 2 aromatic carbocycles. The summed E-state index contributed by atoms with van der Waals surface area (Å²) in [5, 5.41) is 5.55. The predicted molar refractivity (Wildman–Crippen MR) is 115 cm³/mol. The summed E-state index contributed by atoms with van der Waals surface area (Å²) in [5.41, 5.74) is 6.31. The van der Waals surface area contributed by atoms with Crippen molar-refractivity contribution in [2.45, 2.75) is 12.8 Å². The Morgan fingerprint density at radius 2 is 2.07 bits per heavy atom. The predicted octanol–water partition coefficient (Wildman–Crippen LogP) is 3.92. The quantitative estimate of drug-likeness (QED) is 0.513. The minimum Gasteiger partial charge on any atom is -0.361 e. The second-order valence-corrected chi connectivity index (χ2v) is 7.79. The summed E-state index contributed by atoms with van der Waals surface area (Å²) < 4.78 is 0. The van der Waals surface area contributed by atoms with E-state index in [4.69, 9.17) is 0 Å². The Bertz CT molecular complexity index is 1420. The van der Waals surface area contributed by atoms with Crippen LogP contribution in [0.3, 0.4) is 0 Å². The zero-order chi connectivity index (χ0) is 20.4. The second-order valence-electron chi connectivity index (χ2n) is 7.79. The number of aromatic nitrogens is 2. The maximum absolute atomic E-state index is 13.4. The van der Waals surface area contributed by atoms with Crippen LogP contribution in [0.2, 0.25) is 0 Å². The van der Waals surface area contributed by atoms with Crippen molar-refractivity contribution in [1.82, 2.24) is 14.9 Å². The molecule has 30 heavy (non-hydrogen) atoms. The SMILES string of the molecule is CC(=O)N1CC2=C(C1=O)C(c1ccc3ncccc3c1)c1c[nH]c3cccc(c13)N2. The van der Waals surface area contributed by atoms with Crippen molar-refractivity contribution >= 4 is 39.3 Å². The summed E-state index contributed by atoms with van der Waals surface area (Å²) >= 11 is 0. The Hall–Kier alpha value is -3.93. The van der Waals surface area contributed by atoms with Crippen LogP contribution in [-0.4, -0.2) is 33.2 Å². The van der Waals surface area contributed by atoms with E-state index in [1.165, 1.54) is 11.8 Å². The minimum atomic E-state index is -0.286. The summed E-state index contributed by atoms with van der Waals surface area (Å²) in [6, 6.07) is 16.1. The number of carbonyl (C=O) groups is 2. The van der Waals surface area contributed by atoms with Crippen molar-refractivity contribution in [2.24, 2.45) is 0 Å². The van der Waals surface area contributed by atoms with Crippen LogP contribution in [0.15, 0.2) is 72.2 Å². The molecule has 4 aromatic rings. The molecule has 0 aliphatic carbocycles. The molecule has 6 heteroatoms. The number of imide groups is 1. The van der Waals surface area contributed by atoms with Crippen molar-refractivity contribution in [3.05, 3.63) is 83.3 Å². The van der Waals surface area contributed by atoms with Crippen molar-refractivity contribution in [1.29, 1.82) is 0 Å². The molecule has 146 valence electrons. The molecule has 2 amide bonds. The van der Waals surface area contributed by atoms with E-state index in [9.17, 15) is 9.59 Å². The molecule has 0 radical (unpaired) electrons. The largest absolute Gasteiger partial charge is 0.361 e. The molecule has 0 spiro atoms. The average Bonchev–Trinajstić information content (AvgIpc) is 3.27. The van der Waals surface area contributed by atoms with Gasteiger partial charge in [0.25, 0.3) is 5.91 Å². The lowest BCUT2D eigenvalue weighted by molar-refractivity contribution is -0.139. The van der Waals surface area contributed by atoms with E-state index in [1.54, 1.807) is 6.20 Å². The number of nitrogens with zero attached hydrogens (tertiary/aromatic N) is 2. The number of fused-ring (bicyclic) bond motifs is 1. The fraction of sp³-hybridized carbons (Fsp3) is 0.125. The first-order valence-corrected chi connectivity index (χ1v) is 9.89. The summed E-state index contributed by atoms with van der Waals surface area (Å²) in [7, 11) is 0. The summed E-state index contributed by atoms with van der Waals surface area (Å²) in [4.78, 5) is 34.6. The first-order valence-electron chi connectivity index (χ1n) is 9.89. The molecule has 1 atom stereocenters. The van der Waals surface area contributed by atoms with Crippen LogP contribution in [0.1, 0.15) is 24.0 Å². The normalized spacial score (nSPS) is 18.0. The number of rotatable bonds is 1. The fourth-order valence-electron chi connectivity index (χ4n) is 4.73. The molecular weight excluding hydrogens is 376 g/mol. The first-order chi connectivity index (χ1) is 14.6. The molecule has 4 heterocycles. The molecule has 0 bridgehead atoms. The van der Waals surface area contributed by atoms with Gasteiger partial charge in [0.05, 0.1) is 17.6 Å². The van der Waals surface area contributed by atoms with Gasteiger partial charge in [0.15, 0.2) is 0 Å². The van der Waals surface area contributed by atoms with E-state index in [2.05, 4.69) is 21.4 Å². The number of nitrogens with one attached hydrogen (secondary N) is 2. The number of aromatic amines is 1. The standard InChI is InChI=1S/C24H18N4O2/c1-13(29)28-12-20-23(24(28)30)21(15-7-8-17-14(10-15)4-3-9-25-17)16-11-26-18-5-2-6-19(27-20)22(16)18/h2-11,21,26-27H,12H2,1H3. The summed E-state index contributed by atoms with van der Waals surface area (Å²) in [6.07, 6.45) is 3.75. The zero-order valence-corrected chi connectivity index (χ0v) is 16.3. The lowest BCUT2D eigenvalue weighted by Gasteiger charge is -2.19. The van der Waals surface area contributed by atoms with E-state index < -0.39 is 0 Å². The van der Waals surface area contributed by atoms with Gasteiger partial charge in [-0.05, 0) is 41.5 Å². The number of pyridine rings is 1. The highest BCUT2D eigenvalue weighted by molar-refractivity contribution is 6.11. The molecule has 0 fully saturated rings. The average molecular weight is 394 g/mol. The molecule has 0 saturated heterocycles. The van der Waals surface area contributed by atoms with Gasteiger partial charge >= 0.3 is 0 Å². The zero-order valence-electron chi connectivity index (χ0n) is 16.3. The monoisotopic (exact) mass is 394 g/mol. The van der Waals surface area contributed by atoms with Gasteiger partial charge in [0, 0.05) is 52.9 Å². The van der Waals surface area contributed by atoms with Crippen molar-refractivity contribution in [3.63, 3.8) is 0 Å². The molecule has 2 N–H and O–H groups in total. The van der Waals surface area contributed by atoms with Gasteiger partial charge in [-0.15, -0.1) is 0 Å². The summed E-state index contributed by atoms with van der Waals surface area (Å²) in [5.74, 6) is -0.765. The van der Waals surface area contributed by atoms with Gasteiger partial charge in [-0.25, -0.2) is 0 Å². The maximum Gasteiger partial charge on any atom is 0.259 e. The molecule has 6 nitrogen and oxygen atoms in total. The lowest BCUT2D eigenvalue weighted by Crippen LogP contribution is -2.33. The Labute approximate surface area is 172 Å². The highest BCUT2D eigenvalue weighted by Gasteiger charge is 2.41. The van der Waals surface area contributed by atoms with Crippen LogP contribution in [0.25, 0.3) is 21.8 Å². The van der Waals surface area contributed by atoms with Crippen LogP contribution in [0.4, 0.5) is 5.69 Å². The number of hydrogen-bond donors (Lipinski definition) is 2. The van der Waals surface area contributed by atoms with Crippen LogP contribution in [0.5, 0.6) is 0 Å². The Balaban J connectivity index is 1.64. The number of benzene rings is 2.